The molecule has 1 saturated heterocycles. The lowest BCUT2D eigenvalue weighted by molar-refractivity contribution is -0.183. The minimum absolute atomic E-state index is 0.319. The molecule has 1 atom stereocenters. The maximum absolute atomic E-state index is 13.1. The molecule has 0 saturated carbocycles. The molecule has 1 aliphatic heterocycles. The summed E-state index contributed by atoms with van der Waals surface area (Å²) in [6.07, 6.45) is -2.99. The van der Waals surface area contributed by atoms with Gasteiger partial charge in [0.15, 0.2) is 0 Å². The maximum atomic E-state index is 13.1. The number of aromatic nitrogens is 1. The van der Waals surface area contributed by atoms with E-state index in [9.17, 15) is 18.0 Å². The summed E-state index contributed by atoms with van der Waals surface area (Å²) in [5.74, 6) is -0.509. The van der Waals surface area contributed by atoms with E-state index in [0.717, 1.165) is 11.3 Å². The lowest BCUT2D eigenvalue weighted by Crippen LogP contribution is -2.57. The van der Waals surface area contributed by atoms with Gasteiger partial charge in [-0.2, -0.15) is 13.2 Å². The van der Waals surface area contributed by atoms with Gasteiger partial charge in [-0.3, -0.25) is 9.69 Å². The van der Waals surface area contributed by atoms with Gasteiger partial charge >= 0.3 is 6.18 Å². The number of hydrogen-bond acceptors (Lipinski definition) is 5. The van der Waals surface area contributed by atoms with Crippen molar-refractivity contribution in [2.75, 3.05) is 32.7 Å². The van der Waals surface area contributed by atoms with Crippen molar-refractivity contribution in [1.29, 1.82) is 0 Å². The highest BCUT2D eigenvalue weighted by Crippen LogP contribution is 2.25. The van der Waals surface area contributed by atoms with Gasteiger partial charge in [0, 0.05) is 32.7 Å². The Morgan fingerprint density at radius 1 is 1.52 bits per heavy atom. The molecule has 5 nitrogen and oxygen atoms in total. The second-order valence-corrected chi connectivity index (χ2v) is 6.03. The molecule has 0 radical (unpaired) electrons. The molecule has 1 aliphatic rings. The van der Waals surface area contributed by atoms with E-state index < -0.39 is 24.7 Å². The third kappa shape index (κ3) is 4.39. The van der Waals surface area contributed by atoms with Crippen LogP contribution in [0, 0.1) is 6.92 Å². The fraction of sp³-hybridized carbons (Fsp3) is 0.667. The highest BCUT2D eigenvalue weighted by Gasteiger charge is 2.43. The van der Waals surface area contributed by atoms with E-state index in [-0.39, 0.29) is 0 Å². The van der Waals surface area contributed by atoms with Crippen LogP contribution in [0.3, 0.4) is 0 Å². The number of halogens is 3. The van der Waals surface area contributed by atoms with E-state index in [1.54, 1.807) is 6.92 Å². The first-order chi connectivity index (χ1) is 9.88. The van der Waals surface area contributed by atoms with Gasteiger partial charge in [-0.15, -0.1) is 11.3 Å². The summed E-state index contributed by atoms with van der Waals surface area (Å²) in [7, 11) is 0. The molecule has 1 fully saturated rings. The van der Waals surface area contributed by atoms with Crippen LogP contribution in [0.2, 0.25) is 0 Å². The van der Waals surface area contributed by atoms with Gasteiger partial charge in [-0.1, -0.05) is 0 Å². The Balaban J connectivity index is 1.97. The van der Waals surface area contributed by atoms with Gasteiger partial charge in [0.25, 0.3) is 5.91 Å². The molecule has 0 spiro atoms. The Bertz CT molecular complexity index is 485. The number of carbonyl (C=O) groups excluding carboxylic acids is 1. The number of piperazine rings is 1. The van der Waals surface area contributed by atoms with Crippen LogP contribution in [-0.2, 0) is 0 Å². The van der Waals surface area contributed by atoms with E-state index in [1.807, 2.05) is 0 Å². The van der Waals surface area contributed by atoms with E-state index >= 15 is 0 Å². The maximum Gasteiger partial charge on any atom is 0.405 e. The number of aryl methyl sites for hydroxylation is 1. The van der Waals surface area contributed by atoms with Gasteiger partial charge in [-0.25, -0.2) is 4.98 Å². The van der Waals surface area contributed by atoms with Crippen molar-refractivity contribution in [1.82, 2.24) is 20.5 Å². The molecule has 0 aromatic carbocycles. The number of rotatable bonds is 4. The summed E-state index contributed by atoms with van der Waals surface area (Å²) in [5.41, 5.74) is 0. The van der Waals surface area contributed by atoms with Crippen molar-refractivity contribution in [2.45, 2.75) is 19.1 Å². The van der Waals surface area contributed by atoms with Crippen molar-refractivity contribution in [3.63, 3.8) is 0 Å². The first-order valence-electron chi connectivity index (χ1n) is 6.60. The number of alkyl halides is 3. The largest absolute Gasteiger partial charge is 0.405 e. The predicted molar refractivity (Wildman–Crippen MR) is 73.5 cm³/mol. The minimum Gasteiger partial charge on any atom is -0.349 e. The number of nitrogens with zero attached hydrogens (tertiary/aromatic N) is 2. The van der Waals surface area contributed by atoms with Crippen LogP contribution >= 0.6 is 11.3 Å². The molecule has 1 unspecified atom stereocenters. The third-order valence-corrected chi connectivity index (χ3v) is 4.18. The van der Waals surface area contributed by atoms with Crippen LogP contribution in [0.4, 0.5) is 13.2 Å². The summed E-state index contributed by atoms with van der Waals surface area (Å²) in [4.78, 5) is 17.4. The topological polar surface area (TPSA) is 57.3 Å². The Morgan fingerprint density at radius 2 is 2.19 bits per heavy atom. The Hall–Kier alpha value is -1.19. The Kier molecular flexibility index (Phi) is 5.17. The number of carbonyl (C=O) groups is 1. The van der Waals surface area contributed by atoms with Gasteiger partial charge in [-0.05, 0) is 6.92 Å². The third-order valence-electron chi connectivity index (χ3n) is 3.27. The van der Waals surface area contributed by atoms with Gasteiger partial charge in [0.05, 0.1) is 11.2 Å². The molecular formula is C12H17F3N4OS. The first kappa shape index (κ1) is 16.2. The molecule has 2 N–H and O–H groups in total. The monoisotopic (exact) mass is 322 g/mol. The zero-order valence-electron chi connectivity index (χ0n) is 11.5. The molecule has 0 bridgehead atoms. The van der Waals surface area contributed by atoms with Crippen LogP contribution in [0.1, 0.15) is 14.7 Å². The summed E-state index contributed by atoms with van der Waals surface area (Å²) >= 11 is 1.16. The molecule has 2 heterocycles. The number of thiazole rings is 1. The van der Waals surface area contributed by atoms with Crippen molar-refractivity contribution in [3.8, 4) is 0 Å². The second kappa shape index (κ2) is 6.71. The lowest BCUT2D eigenvalue weighted by atomic mass is 10.2. The summed E-state index contributed by atoms with van der Waals surface area (Å²) in [6, 6.07) is -1.66. The van der Waals surface area contributed by atoms with Crippen LogP contribution in [0.25, 0.3) is 0 Å². The second-order valence-electron chi connectivity index (χ2n) is 4.80. The summed E-state index contributed by atoms with van der Waals surface area (Å²) < 4.78 is 39.4. The average Bonchev–Trinajstić information content (AvgIpc) is 2.85. The normalized spacial score (nSPS) is 18.5. The molecule has 1 aromatic heterocycles. The molecule has 21 heavy (non-hydrogen) atoms. The highest BCUT2D eigenvalue weighted by atomic mass is 32.1. The molecule has 9 heteroatoms. The Morgan fingerprint density at radius 3 is 2.71 bits per heavy atom. The van der Waals surface area contributed by atoms with Crippen LogP contribution < -0.4 is 10.6 Å². The Labute approximate surface area is 124 Å². The lowest BCUT2D eigenvalue weighted by Gasteiger charge is -2.35. The van der Waals surface area contributed by atoms with Crippen LogP contribution in [0.15, 0.2) is 6.20 Å². The molecule has 0 aliphatic carbocycles. The van der Waals surface area contributed by atoms with E-state index in [1.165, 1.54) is 11.1 Å². The standard InChI is InChI=1S/C12H17F3N4OS/c1-8-17-6-9(21-8)11(20)18-7-10(12(13,14)15)19-4-2-16-3-5-19/h6,10,16H,2-5,7H2,1H3,(H,18,20). The zero-order chi connectivity index (χ0) is 15.5. The number of nitrogens with one attached hydrogen (secondary N) is 2. The quantitative estimate of drug-likeness (QED) is 0.869. The molecule has 1 aromatic rings. The predicted octanol–water partition coefficient (Wildman–Crippen LogP) is 1.02. The molecule has 2 rings (SSSR count). The summed E-state index contributed by atoms with van der Waals surface area (Å²) in [5, 5.41) is 6.08. The molecule has 118 valence electrons. The zero-order valence-corrected chi connectivity index (χ0v) is 12.4. The smallest absolute Gasteiger partial charge is 0.349 e. The number of amides is 1. The highest BCUT2D eigenvalue weighted by molar-refractivity contribution is 7.13. The first-order valence-corrected chi connectivity index (χ1v) is 7.41. The number of hydrogen-bond donors (Lipinski definition) is 2. The van der Waals surface area contributed by atoms with E-state index in [2.05, 4.69) is 15.6 Å². The fourth-order valence-corrected chi connectivity index (χ4v) is 2.88. The molecular weight excluding hydrogens is 305 g/mol. The van der Waals surface area contributed by atoms with Crippen molar-refractivity contribution >= 4 is 17.2 Å². The van der Waals surface area contributed by atoms with Gasteiger partial charge in [0.1, 0.15) is 10.9 Å². The van der Waals surface area contributed by atoms with Gasteiger partial charge < -0.3 is 10.6 Å². The van der Waals surface area contributed by atoms with Crippen molar-refractivity contribution in [3.05, 3.63) is 16.1 Å². The van der Waals surface area contributed by atoms with E-state index in [4.69, 9.17) is 0 Å². The van der Waals surface area contributed by atoms with Crippen LogP contribution in [0.5, 0.6) is 0 Å². The SMILES string of the molecule is Cc1ncc(C(=O)NCC(N2CCNCC2)C(F)(F)F)s1. The van der Waals surface area contributed by atoms with Crippen molar-refractivity contribution < 1.29 is 18.0 Å². The summed E-state index contributed by atoms with van der Waals surface area (Å²) in [6.45, 7) is 2.97. The van der Waals surface area contributed by atoms with Gasteiger partial charge in [0.2, 0.25) is 0 Å². The average molecular weight is 322 g/mol. The fourth-order valence-electron chi connectivity index (χ4n) is 2.19. The minimum atomic E-state index is -4.37. The molecule has 1 amide bonds. The van der Waals surface area contributed by atoms with Crippen molar-refractivity contribution in [2.24, 2.45) is 0 Å². The van der Waals surface area contributed by atoms with E-state index in [0.29, 0.717) is 36.1 Å². The van der Waals surface area contributed by atoms with Crippen LogP contribution in [-0.4, -0.2) is 60.7 Å².